The second-order valence-corrected chi connectivity index (χ2v) is 5.79. The van der Waals surface area contributed by atoms with Gasteiger partial charge in [0.1, 0.15) is 5.75 Å². The lowest BCUT2D eigenvalue weighted by molar-refractivity contribution is -0.118. The fraction of sp³-hybridized carbons (Fsp3) is 0.188. The minimum absolute atomic E-state index is 0.0350. The van der Waals surface area contributed by atoms with Gasteiger partial charge in [-0.25, -0.2) is 0 Å². The summed E-state index contributed by atoms with van der Waals surface area (Å²) >= 11 is 7.53. The van der Waals surface area contributed by atoms with Gasteiger partial charge in [0.15, 0.2) is 6.61 Å². The summed E-state index contributed by atoms with van der Waals surface area (Å²) in [5.74, 6) is 0.466. The number of hydrogen-bond donors (Lipinski definition) is 1. The molecule has 0 saturated heterocycles. The van der Waals surface area contributed by atoms with E-state index >= 15 is 0 Å². The Kier molecular flexibility index (Phi) is 5.53. The molecule has 0 aliphatic carbocycles. The molecule has 110 valence electrons. The molecule has 21 heavy (non-hydrogen) atoms. The predicted octanol–water partition coefficient (Wildman–Crippen LogP) is 4.39. The number of carbonyl (C=O) groups is 1. The summed E-state index contributed by atoms with van der Waals surface area (Å²) in [6, 6.07) is 13.0. The number of ether oxygens (including phenoxy) is 1. The summed E-state index contributed by atoms with van der Waals surface area (Å²) in [6.07, 6.45) is 2.01. The molecule has 1 N–H and O–H groups in total. The van der Waals surface area contributed by atoms with Crippen molar-refractivity contribution in [2.75, 3.05) is 18.2 Å². The van der Waals surface area contributed by atoms with Crippen LogP contribution in [-0.4, -0.2) is 18.8 Å². The third-order valence-corrected chi connectivity index (χ3v) is 3.85. The number of thioether (sulfide) groups is 1. The van der Waals surface area contributed by atoms with Crippen molar-refractivity contribution in [2.45, 2.75) is 11.8 Å². The lowest BCUT2D eigenvalue weighted by atomic mass is 10.2. The van der Waals surface area contributed by atoms with Gasteiger partial charge in [-0.15, -0.1) is 11.8 Å². The van der Waals surface area contributed by atoms with Crippen molar-refractivity contribution in [1.29, 1.82) is 0 Å². The Hall–Kier alpha value is -1.65. The van der Waals surface area contributed by atoms with E-state index in [9.17, 15) is 4.79 Å². The maximum absolute atomic E-state index is 11.9. The first kappa shape index (κ1) is 15.7. The van der Waals surface area contributed by atoms with E-state index in [1.807, 2.05) is 37.4 Å². The van der Waals surface area contributed by atoms with Gasteiger partial charge in [-0.2, -0.15) is 0 Å². The highest BCUT2D eigenvalue weighted by Gasteiger charge is 2.06. The first-order chi connectivity index (χ1) is 10.1. The molecule has 3 nitrogen and oxygen atoms in total. The Morgan fingerprint density at radius 2 is 1.95 bits per heavy atom. The van der Waals surface area contributed by atoms with Gasteiger partial charge in [0.2, 0.25) is 0 Å². The van der Waals surface area contributed by atoms with E-state index < -0.39 is 0 Å². The molecule has 5 heteroatoms. The van der Waals surface area contributed by atoms with E-state index in [1.165, 1.54) is 0 Å². The Balaban J connectivity index is 1.89. The predicted molar refractivity (Wildman–Crippen MR) is 88.5 cm³/mol. The summed E-state index contributed by atoms with van der Waals surface area (Å²) < 4.78 is 5.50. The minimum Gasteiger partial charge on any atom is -0.483 e. The summed E-state index contributed by atoms with van der Waals surface area (Å²) in [7, 11) is 0. The van der Waals surface area contributed by atoms with Crippen LogP contribution >= 0.6 is 23.4 Å². The molecule has 0 fully saturated rings. The van der Waals surface area contributed by atoms with Gasteiger partial charge in [0, 0.05) is 15.6 Å². The van der Waals surface area contributed by atoms with Gasteiger partial charge in [0.05, 0.1) is 0 Å². The average molecular weight is 322 g/mol. The van der Waals surface area contributed by atoms with Gasteiger partial charge in [0.25, 0.3) is 5.91 Å². The molecule has 0 heterocycles. The lowest BCUT2D eigenvalue weighted by Gasteiger charge is -2.10. The molecule has 2 aromatic carbocycles. The number of anilines is 1. The second-order valence-electron chi connectivity index (χ2n) is 4.48. The first-order valence-corrected chi connectivity index (χ1v) is 8.01. The molecular formula is C16H16ClNO2S. The fourth-order valence-corrected chi connectivity index (χ4v) is 2.42. The molecule has 0 aliphatic heterocycles. The number of amides is 1. The number of benzene rings is 2. The van der Waals surface area contributed by atoms with Gasteiger partial charge in [-0.05, 0) is 61.2 Å². The van der Waals surface area contributed by atoms with Crippen molar-refractivity contribution < 1.29 is 9.53 Å². The average Bonchev–Trinajstić information content (AvgIpc) is 2.47. The van der Waals surface area contributed by atoms with Crippen molar-refractivity contribution in [3.8, 4) is 5.75 Å². The van der Waals surface area contributed by atoms with E-state index in [-0.39, 0.29) is 12.5 Å². The van der Waals surface area contributed by atoms with Crippen LogP contribution in [0.5, 0.6) is 5.75 Å². The summed E-state index contributed by atoms with van der Waals surface area (Å²) in [5.41, 5.74) is 1.66. The van der Waals surface area contributed by atoms with Crippen LogP contribution in [0, 0.1) is 6.92 Å². The topological polar surface area (TPSA) is 38.3 Å². The highest BCUT2D eigenvalue weighted by molar-refractivity contribution is 7.98. The zero-order valence-electron chi connectivity index (χ0n) is 11.9. The molecule has 0 saturated carbocycles. The number of nitrogens with one attached hydrogen (secondary N) is 1. The van der Waals surface area contributed by atoms with E-state index in [0.717, 1.165) is 16.1 Å². The van der Waals surface area contributed by atoms with Crippen LogP contribution in [0.4, 0.5) is 5.69 Å². The minimum atomic E-state index is -0.193. The Bertz CT molecular complexity index is 629. The maximum atomic E-state index is 11.9. The number of hydrogen-bond acceptors (Lipinski definition) is 3. The highest BCUT2D eigenvalue weighted by Crippen LogP contribution is 2.22. The molecule has 2 rings (SSSR count). The van der Waals surface area contributed by atoms with Crippen LogP contribution < -0.4 is 10.1 Å². The largest absolute Gasteiger partial charge is 0.483 e. The molecule has 1 amide bonds. The molecule has 0 radical (unpaired) electrons. The number of aryl methyl sites for hydroxylation is 1. The molecule has 0 spiro atoms. The van der Waals surface area contributed by atoms with Crippen LogP contribution in [0.3, 0.4) is 0 Å². The lowest BCUT2D eigenvalue weighted by Crippen LogP contribution is -2.20. The smallest absolute Gasteiger partial charge is 0.262 e. The number of carbonyl (C=O) groups excluding carboxylic acids is 1. The van der Waals surface area contributed by atoms with Crippen LogP contribution in [0.25, 0.3) is 0 Å². The van der Waals surface area contributed by atoms with Crippen molar-refractivity contribution in [1.82, 2.24) is 0 Å². The van der Waals surface area contributed by atoms with Gasteiger partial charge in [-0.1, -0.05) is 11.6 Å². The van der Waals surface area contributed by atoms with Crippen molar-refractivity contribution in [2.24, 2.45) is 0 Å². The monoisotopic (exact) mass is 321 g/mol. The van der Waals surface area contributed by atoms with Gasteiger partial charge >= 0.3 is 0 Å². The van der Waals surface area contributed by atoms with Crippen molar-refractivity contribution >= 4 is 35.0 Å². The van der Waals surface area contributed by atoms with E-state index in [1.54, 1.807) is 30.0 Å². The zero-order chi connectivity index (χ0) is 15.2. The third kappa shape index (κ3) is 4.69. The van der Waals surface area contributed by atoms with E-state index in [4.69, 9.17) is 16.3 Å². The first-order valence-electron chi connectivity index (χ1n) is 6.41. The normalized spacial score (nSPS) is 10.2. The van der Waals surface area contributed by atoms with Crippen LogP contribution in [0.2, 0.25) is 5.02 Å². The molecule has 0 aliphatic rings. The van der Waals surface area contributed by atoms with Gasteiger partial charge < -0.3 is 10.1 Å². The quantitative estimate of drug-likeness (QED) is 0.830. The molecule has 0 unspecified atom stereocenters. The van der Waals surface area contributed by atoms with Gasteiger partial charge in [-0.3, -0.25) is 4.79 Å². The van der Waals surface area contributed by atoms with Crippen molar-refractivity contribution in [3.63, 3.8) is 0 Å². The van der Waals surface area contributed by atoms with Crippen molar-refractivity contribution in [3.05, 3.63) is 53.1 Å². The van der Waals surface area contributed by atoms with Crippen LogP contribution in [0.15, 0.2) is 47.4 Å². The molecule has 0 aromatic heterocycles. The Morgan fingerprint density at radius 3 is 2.57 bits per heavy atom. The molecule has 2 aromatic rings. The Labute approximate surface area is 133 Å². The maximum Gasteiger partial charge on any atom is 0.262 e. The fourth-order valence-electron chi connectivity index (χ4n) is 1.79. The third-order valence-electron chi connectivity index (χ3n) is 2.87. The highest BCUT2D eigenvalue weighted by atomic mass is 35.5. The summed E-state index contributed by atoms with van der Waals surface area (Å²) in [4.78, 5) is 13.0. The van der Waals surface area contributed by atoms with Crippen LogP contribution in [0.1, 0.15) is 5.56 Å². The second kappa shape index (κ2) is 7.38. The molecule has 0 bridgehead atoms. The Morgan fingerprint density at radius 1 is 1.24 bits per heavy atom. The summed E-state index contributed by atoms with van der Waals surface area (Å²) in [5, 5.41) is 3.45. The molecular weight excluding hydrogens is 306 g/mol. The SMILES string of the molecule is CSc1ccc(NC(=O)COc2ccc(Cl)cc2C)cc1. The van der Waals surface area contributed by atoms with Crippen LogP contribution in [-0.2, 0) is 4.79 Å². The summed E-state index contributed by atoms with van der Waals surface area (Å²) in [6.45, 7) is 1.85. The molecule has 0 atom stereocenters. The zero-order valence-corrected chi connectivity index (χ0v) is 13.4. The number of rotatable bonds is 5. The standard InChI is InChI=1S/C16H16ClNO2S/c1-11-9-12(17)3-8-15(11)20-10-16(19)18-13-4-6-14(21-2)7-5-13/h3-9H,10H2,1-2H3,(H,18,19). The van der Waals surface area contributed by atoms with E-state index in [0.29, 0.717) is 10.8 Å². The number of halogens is 1. The van der Waals surface area contributed by atoms with E-state index in [2.05, 4.69) is 5.32 Å².